The van der Waals surface area contributed by atoms with E-state index in [2.05, 4.69) is 6.92 Å². The number of hydrogen-bond acceptors (Lipinski definition) is 9. The van der Waals surface area contributed by atoms with Crippen LogP contribution in [0.4, 0.5) is 0 Å². The van der Waals surface area contributed by atoms with Gasteiger partial charge in [-0.05, 0) is 6.42 Å². The third-order valence-corrected chi connectivity index (χ3v) is 4.40. The third-order valence-electron chi connectivity index (χ3n) is 4.40. The van der Waals surface area contributed by atoms with Crippen LogP contribution in [0.2, 0.25) is 0 Å². The van der Waals surface area contributed by atoms with E-state index < -0.39 is 48.6 Å². The lowest BCUT2D eigenvalue weighted by Gasteiger charge is -2.43. The summed E-state index contributed by atoms with van der Waals surface area (Å²) < 4.78 is 32.8. The molecule has 0 bridgehead atoms. The first-order valence-corrected chi connectivity index (χ1v) is 10.1. The summed E-state index contributed by atoms with van der Waals surface area (Å²) >= 11 is 0. The Kier molecular flexibility index (Phi) is 11.8. The van der Waals surface area contributed by atoms with Gasteiger partial charge >= 0.3 is 17.9 Å². The van der Waals surface area contributed by atoms with Gasteiger partial charge in [0.1, 0.15) is 6.10 Å². The maximum Gasteiger partial charge on any atom is 0.303 e. The smallest absolute Gasteiger partial charge is 0.303 e. The molecule has 168 valence electrons. The molecule has 1 heterocycles. The Morgan fingerprint density at radius 1 is 0.793 bits per heavy atom. The van der Waals surface area contributed by atoms with Gasteiger partial charge in [-0.2, -0.15) is 0 Å². The summed E-state index contributed by atoms with van der Waals surface area (Å²) in [6.45, 7) is 6.46. The second-order valence-electron chi connectivity index (χ2n) is 6.99. The molecular weight excluding hydrogens is 384 g/mol. The molecule has 1 saturated heterocycles. The average Bonchev–Trinajstić information content (AvgIpc) is 2.63. The summed E-state index contributed by atoms with van der Waals surface area (Å²) in [6.07, 6.45) is 0.544. The highest BCUT2D eigenvalue weighted by molar-refractivity contribution is 5.68. The second kappa shape index (κ2) is 13.5. The first kappa shape index (κ1) is 25.3. The van der Waals surface area contributed by atoms with Crippen molar-refractivity contribution >= 4 is 17.9 Å². The van der Waals surface area contributed by atoms with Crippen LogP contribution in [-0.4, -0.2) is 68.9 Å². The summed E-state index contributed by atoms with van der Waals surface area (Å²) in [5.74, 6) is -1.81. The van der Waals surface area contributed by atoms with Gasteiger partial charge in [0.2, 0.25) is 0 Å². The quantitative estimate of drug-likeness (QED) is 0.268. The van der Waals surface area contributed by atoms with E-state index in [1.807, 2.05) is 0 Å². The number of esters is 3. The lowest BCUT2D eigenvalue weighted by atomic mass is 9.98. The van der Waals surface area contributed by atoms with Gasteiger partial charge in [0.05, 0.1) is 6.61 Å². The van der Waals surface area contributed by atoms with Gasteiger partial charge in [-0.1, -0.05) is 32.6 Å². The molecule has 9 nitrogen and oxygen atoms in total. The van der Waals surface area contributed by atoms with E-state index in [1.165, 1.54) is 40.7 Å². The van der Waals surface area contributed by atoms with Gasteiger partial charge in [0.15, 0.2) is 24.6 Å². The third kappa shape index (κ3) is 9.10. The Morgan fingerprint density at radius 2 is 1.34 bits per heavy atom. The summed E-state index contributed by atoms with van der Waals surface area (Å²) in [7, 11) is 1.38. The molecule has 0 aliphatic carbocycles. The van der Waals surface area contributed by atoms with Crippen LogP contribution in [-0.2, 0) is 42.8 Å². The van der Waals surface area contributed by atoms with Crippen LogP contribution >= 0.6 is 0 Å². The van der Waals surface area contributed by atoms with E-state index in [9.17, 15) is 14.4 Å². The SMILES string of the molecule is CCCCCCCOC[C@H]1O[C@H](OC)[C@H](OC(C)=O)[C@@H](OC(C)=O)[C@@H]1OC(C)=O. The predicted molar refractivity (Wildman–Crippen MR) is 102 cm³/mol. The minimum Gasteiger partial charge on any atom is -0.456 e. The van der Waals surface area contributed by atoms with Crippen LogP contribution in [0.1, 0.15) is 59.8 Å². The Hall–Kier alpha value is -1.71. The molecule has 29 heavy (non-hydrogen) atoms. The first-order chi connectivity index (χ1) is 13.8. The van der Waals surface area contributed by atoms with Gasteiger partial charge in [-0.3, -0.25) is 14.4 Å². The van der Waals surface area contributed by atoms with Crippen molar-refractivity contribution in [1.29, 1.82) is 0 Å². The maximum absolute atomic E-state index is 11.6. The van der Waals surface area contributed by atoms with E-state index in [-0.39, 0.29) is 6.61 Å². The number of carbonyl (C=O) groups excluding carboxylic acids is 3. The predicted octanol–water partition coefficient (Wildman–Crippen LogP) is 2.14. The van der Waals surface area contributed by atoms with Crippen molar-refractivity contribution in [2.75, 3.05) is 20.3 Å². The van der Waals surface area contributed by atoms with Crippen molar-refractivity contribution in [1.82, 2.24) is 0 Å². The zero-order chi connectivity index (χ0) is 21.8. The fraction of sp³-hybridized carbons (Fsp3) is 0.850. The van der Waals surface area contributed by atoms with Gasteiger partial charge in [0.25, 0.3) is 0 Å². The number of carbonyl (C=O) groups is 3. The molecule has 0 aromatic heterocycles. The van der Waals surface area contributed by atoms with Crippen LogP contribution < -0.4 is 0 Å². The molecule has 0 amide bonds. The van der Waals surface area contributed by atoms with Crippen LogP contribution in [0.3, 0.4) is 0 Å². The highest BCUT2D eigenvalue weighted by Crippen LogP contribution is 2.29. The highest BCUT2D eigenvalue weighted by Gasteiger charge is 2.52. The van der Waals surface area contributed by atoms with E-state index in [1.54, 1.807) is 0 Å². The highest BCUT2D eigenvalue weighted by atomic mass is 16.7. The molecular formula is C20H34O9. The Balaban J connectivity index is 2.87. The molecule has 1 fully saturated rings. The van der Waals surface area contributed by atoms with Crippen LogP contribution in [0.15, 0.2) is 0 Å². The summed E-state index contributed by atoms with van der Waals surface area (Å²) in [5, 5.41) is 0. The number of ether oxygens (including phenoxy) is 6. The zero-order valence-corrected chi connectivity index (χ0v) is 18.0. The molecule has 0 unspecified atom stereocenters. The molecule has 0 aromatic rings. The largest absolute Gasteiger partial charge is 0.456 e. The first-order valence-electron chi connectivity index (χ1n) is 10.1. The fourth-order valence-electron chi connectivity index (χ4n) is 3.19. The summed E-state index contributed by atoms with van der Waals surface area (Å²) in [6, 6.07) is 0. The summed E-state index contributed by atoms with van der Waals surface area (Å²) in [4.78, 5) is 34.8. The lowest BCUT2D eigenvalue weighted by molar-refractivity contribution is -0.303. The lowest BCUT2D eigenvalue weighted by Crippen LogP contribution is -2.62. The van der Waals surface area contributed by atoms with Gasteiger partial charge in [-0.25, -0.2) is 0 Å². The van der Waals surface area contributed by atoms with Crippen molar-refractivity contribution in [3.05, 3.63) is 0 Å². The number of methoxy groups -OCH3 is 1. The molecule has 1 rings (SSSR count). The van der Waals surface area contributed by atoms with E-state index in [4.69, 9.17) is 28.4 Å². The molecule has 1 aliphatic heterocycles. The van der Waals surface area contributed by atoms with Crippen molar-refractivity contribution in [3.8, 4) is 0 Å². The van der Waals surface area contributed by atoms with E-state index >= 15 is 0 Å². The number of rotatable bonds is 12. The normalized spacial score (nSPS) is 26.6. The molecule has 5 atom stereocenters. The minimum absolute atomic E-state index is 0.107. The average molecular weight is 418 g/mol. The van der Waals surface area contributed by atoms with E-state index in [0.29, 0.717) is 6.61 Å². The maximum atomic E-state index is 11.6. The van der Waals surface area contributed by atoms with Crippen molar-refractivity contribution in [2.45, 2.75) is 90.5 Å². The van der Waals surface area contributed by atoms with Gasteiger partial charge in [-0.15, -0.1) is 0 Å². The fourth-order valence-corrected chi connectivity index (χ4v) is 3.19. The van der Waals surface area contributed by atoms with E-state index in [0.717, 1.165) is 19.3 Å². The molecule has 0 saturated carbocycles. The van der Waals surface area contributed by atoms with Crippen molar-refractivity contribution < 1.29 is 42.8 Å². The molecule has 0 spiro atoms. The molecule has 9 heteroatoms. The zero-order valence-electron chi connectivity index (χ0n) is 18.0. The Morgan fingerprint density at radius 3 is 1.90 bits per heavy atom. The van der Waals surface area contributed by atoms with Gasteiger partial charge in [0, 0.05) is 34.5 Å². The topological polar surface area (TPSA) is 107 Å². The Bertz CT molecular complexity index is 522. The van der Waals surface area contributed by atoms with Crippen molar-refractivity contribution in [2.24, 2.45) is 0 Å². The molecule has 0 aromatic carbocycles. The van der Waals surface area contributed by atoms with Gasteiger partial charge < -0.3 is 28.4 Å². The number of hydrogen-bond donors (Lipinski definition) is 0. The minimum atomic E-state index is -1.09. The Labute approximate surface area is 172 Å². The van der Waals surface area contributed by atoms with Crippen LogP contribution in [0.5, 0.6) is 0 Å². The van der Waals surface area contributed by atoms with Crippen molar-refractivity contribution in [3.63, 3.8) is 0 Å². The summed E-state index contributed by atoms with van der Waals surface area (Å²) in [5.41, 5.74) is 0. The standard InChI is InChI=1S/C20H34O9/c1-6-7-8-9-10-11-25-12-16-17(26-13(2)21)18(27-14(3)22)19(28-15(4)23)20(24-5)29-16/h16-20H,6-12H2,1-5H3/t16-,17-,18+,19-,20+/m1/s1. The van der Waals surface area contributed by atoms with Crippen LogP contribution in [0, 0.1) is 0 Å². The molecule has 0 N–H and O–H groups in total. The monoisotopic (exact) mass is 418 g/mol. The molecule has 1 aliphatic rings. The number of unbranched alkanes of at least 4 members (excludes halogenated alkanes) is 4. The second-order valence-corrected chi connectivity index (χ2v) is 6.99. The molecule has 0 radical (unpaired) electrons. The van der Waals surface area contributed by atoms with Crippen LogP contribution in [0.25, 0.3) is 0 Å².